The lowest BCUT2D eigenvalue weighted by Gasteiger charge is -2.08. The van der Waals surface area contributed by atoms with Crippen molar-refractivity contribution in [3.63, 3.8) is 0 Å². The SMILES string of the molecule is Cc1ccc(S(=O)(=O)NCCNC(=O)Cc2cnn(-c3ccccc3)c2)cc1. The van der Waals surface area contributed by atoms with Crippen LogP contribution in [0.1, 0.15) is 11.1 Å². The molecule has 7 nitrogen and oxygen atoms in total. The lowest BCUT2D eigenvalue weighted by atomic mass is 10.2. The van der Waals surface area contributed by atoms with Gasteiger partial charge in [0.25, 0.3) is 0 Å². The van der Waals surface area contributed by atoms with Gasteiger partial charge in [-0.25, -0.2) is 17.8 Å². The molecule has 0 aliphatic heterocycles. The molecular formula is C20H22N4O3S. The van der Waals surface area contributed by atoms with Gasteiger partial charge in [0, 0.05) is 19.3 Å². The average Bonchev–Trinajstić information content (AvgIpc) is 3.15. The van der Waals surface area contributed by atoms with Gasteiger partial charge in [-0.05, 0) is 36.8 Å². The number of amides is 1. The van der Waals surface area contributed by atoms with Crippen LogP contribution >= 0.6 is 0 Å². The lowest BCUT2D eigenvalue weighted by molar-refractivity contribution is -0.120. The zero-order chi connectivity index (χ0) is 20.0. The molecule has 8 heteroatoms. The molecule has 0 saturated carbocycles. The first-order valence-corrected chi connectivity index (χ1v) is 10.3. The number of hydrogen-bond donors (Lipinski definition) is 2. The largest absolute Gasteiger partial charge is 0.354 e. The number of benzene rings is 2. The molecule has 3 rings (SSSR count). The maximum atomic E-state index is 12.2. The number of aromatic nitrogens is 2. The monoisotopic (exact) mass is 398 g/mol. The molecule has 0 fully saturated rings. The summed E-state index contributed by atoms with van der Waals surface area (Å²) in [4.78, 5) is 12.3. The Morgan fingerprint density at radius 1 is 1.04 bits per heavy atom. The van der Waals surface area contributed by atoms with Crippen LogP contribution in [0.4, 0.5) is 0 Å². The Bertz CT molecular complexity index is 1030. The summed E-state index contributed by atoms with van der Waals surface area (Å²) in [5.74, 6) is -0.192. The van der Waals surface area contributed by atoms with Crippen molar-refractivity contribution in [2.45, 2.75) is 18.2 Å². The second kappa shape index (κ2) is 8.81. The third-order valence-corrected chi connectivity index (χ3v) is 5.57. The molecule has 0 aliphatic rings. The quantitative estimate of drug-likeness (QED) is 0.566. The highest BCUT2D eigenvalue weighted by Crippen LogP contribution is 2.10. The molecule has 2 N–H and O–H groups in total. The Labute approximate surface area is 164 Å². The fourth-order valence-electron chi connectivity index (χ4n) is 2.61. The molecule has 0 unspecified atom stereocenters. The summed E-state index contributed by atoms with van der Waals surface area (Å²) in [5.41, 5.74) is 2.68. The maximum Gasteiger partial charge on any atom is 0.240 e. The highest BCUT2D eigenvalue weighted by molar-refractivity contribution is 7.89. The topological polar surface area (TPSA) is 93.1 Å². The maximum absolute atomic E-state index is 12.2. The first-order valence-electron chi connectivity index (χ1n) is 8.86. The number of carbonyl (C=O) groups excluding carboxylic acids is 1. The standard InChI is InChI=1S/C20H22N4O3S/c1-16-7-9-19(10-8-16)28(26,27)23-12-11-21-20(25)13-17-14-22-24(15-17)18-5-3-2-4-6-18/h2-10,14-15,23H,11-13H2,1H3,(H,21,25). The minimum atomic E-state index is -3.58. The first kappa shape index (κ1) is 19.8. The van der Waals surface area contributed by atoms with Crippen LogP contribution in [0, 0.1) is 6.92 Å². The minimum absolute atomic E-state index is 0.116. The van der Waals surface area contributed by atoms with E-state index in [1.807, 2.05) is 37.3 Å². The van der Waals surface area contributed by atoms with Gasteiger partial charge in [0.2, 0.25) is 15.9 Å². The summed E-state index contributed by atoms with van der Waals surface area (Å²) in [6.07, 6.45) is 3.62. The fraction of sp³-hybridized carbons (Fsp3) is 0.200. The van der Waals surface area contributed by atoms with E-state index in [0.29, 0.717) is 0 Å². The molecular weight excluding hydrogens is 376 g/mol. The molecule has 3 aromatic rings. The number of rotatable bonds is 8. The van der Waals surface area contributed by atoms with E-state index in [4.69, 9.17) is 0 Å². The normalized spacial score (nSPS) is 11.3. The van der Waals surface area contributed by atoms with Crippen LogP contribution < -0.4 is 10.0 Å². The zero-order valence-corrected chi connectivity index (χ0v) is 16.3. The Kier molecular flexibility index (Phi) is 6.23. The van der Waals surface area contributed by atoms with Crippen molar-refractivity contribution < 1.29 is 13.2 Å². The molecule has 146 valence electrons. The first-order chi connectivity index (χ1) is 13.4. The fourth-order valence-corrected chi connectivity index (χ4v) is 3.64. The zero-order valence-electron chi connectivity index (χ0n) is 15.5. The van der Waals surface area contributed by atoms with Gasteiger partial charge in [-0.1, -0.05) is 35.9 Å². The number of nitrogens with one attached hydrogen (secondary N) is 2. The van der Waals surface area contributed by atoms with E-state index in [0.717, 1.165) is 16.8 Å². The Morgan fingerprint density at radius 2 is 1.75 bits per heavy atom. The average molecular weight is 398 g/mol. The molecule has 2 aromatic carbocycles. The van der Waals surface area contributed by atoms with Gasteiger partial charge in [-0.15, -0.1) is 0 Å². The third kappa shape index (κ3) is 5.28. The van der Waals surface area contributed by atoms with E-state index >= 15 is 0 Å². The van der Waals surface area contributed by atoms with Gasteiger partial charge in [-0.2, -0.15) is 5.10 Å². The number of carbonyl (C=O) groups is 1. The summed E-state index contributed by atoms with van der Waals surface area (Å²) >= 11 is 0. The smallest absolute Gasteiger partial charge is 0.240 e. The summed E-state index contributed by atoms with van der Waals surface area (Å²) < 4.78 is 28.6. The van der Waals surface area contributed by atoms with Gasteiger partial charge in [-0.3, -0.25) is 4.79 Å². The molecule has 0 aliphatic carbocycles. The van der Waals surface area contributed by atoms with E-state index in [2.05, 4.69) is 15.1 Å². The van der Waals surface area contributed by atoms with Gasteiger partial charge < -0.3 is 5.32 Å². The van der Waals surface area contributed by atoms with Crippen LogP contribution in [0.5, 0.6) is 0 Å². The van der Waals surface area contributed by atoms with Crippen molar-refractivity contribution in [1.29, 1.82) is 0 Å². The Hall–Kier alpha value is -2.97. The van der Waals surface area contributed by atoms with Crippen molar-refractivity contribution >= 4 is 15.9 Å². The molecule has 1 aromatic heterocycles. The summed E-state index contributed by atoms with van der Waals surface area (Å²) in [6.45, 7) is 2.21. The Morgan fingerprint density at radius 3 is 2.46 bits per heavy atom. The predicted molar refractivity (Wildman–Crippen MR) is 107 cm³/mol. The third-order valence-electron chi connectivity index (χ3n) is 4.09. The second-order valence-electron chi connectivity index (χ2n) is 6.37. The molecule has 0 radical (unpaired) electrons. The van der Waals surface area contributed by atoms with E-state index in [1.54, 1.807) is 41.3 Å². The molecule has 28 heavy (non-hydrogen) atoms. The number of nitrogens with zero attached hydrogens (tertiary/aromatic N) is 2. The number of hydrogen-bond acceptors (Lipinski definition) is 4. The van der Waals surface area contributed by atoms with Crippen molar-refractivity contribution in [1.82, 2.24) is 19.8 Å². The molecule has 1 heterocycles. The van der Waals surface area contributed by atoms with Crippen LogP contribution in [0.15, 0.2) is 71.9 Å². The molecule has 0 bridgehead atoms. The van der Waals surface area contributed by atoms with Crippen molar-refractivity contribution in [3.05, 3.63) is 78.1 Å². The lowest BCUT2D eigenvalue weighted by Crippen LogP contribution is -2.35. The molecule has 1 amide bonds. The van der Waals surface area contributed by atoms with Gasteiger partial charge in [0.1, 0.15) is 0 Å². The van der Waals surface area contributed by atoms with Crippen LogP contribution in [0.3, 0.4) is 0 Å². The molecule has 0 saturated heterocycles. The van der Waals surface area contributed by atoms with Gasteiger partial charge in [0.15, 0.2) is 0 Å². The highest BCUT2D eigenvalue weighted by Gasteiger charge is 2.13. The van der Waals surface area contributed by atoms with Crippen LogP contribution in [-0.4, -0.2) is 37.2 Å². The Balaban J connectivity index is 1.45. The minimum Gasteiger partial charge on any atom is -0.354 e. The van der Waals surface area contributed by atoms with E-state index in [9.17, 15) is 13.2 Å². The van der Waals surface area contributed by atoms with Crippen molar-refractivity contribution in [3.8, 4) is 5.69 Å². The summed E-state index contributed by atoms with van der Waals surface area (Å²) in [5, 5.41) is 6.96. The molecule has 0 spiro atoms. The number of para-hydroxylation sites is 1. The highest BCUT2D eigenvalue weighted by atomic mass is 32.2. The van der Waals surface area contributed by atoms with Crippen molar-refractivity contribution in [2.24, 2.45) is 0 Å². The van der Waals surface area contributed by atoms with Gasteiger partial charge >= 0.3 is 0 Å². The van der Waals surface area contributed by atoms with Gasteiger partial charge in [0.05, 0.1) is 23.2 Å². The summed E-state index contributed by atoms with van der Waals surface area (Å²) in [7, 11) is -3.58. The predicted octanol–water partition coefficient (Wildman–Crippen LogP) is 1.82. The number of sulfonamides is 1. The summed E-state index contributed by atoms with van der Waals surface area (Å²) in [6, 6.07) is 16.2. The number of aryl methyl sites for hydroxylation is 1. The van der Waals surface area contributed by atoms with Crippen LogP contribution in [-0.2, 0) is 21.2 Å². The van der Waals surface area contributed by atoms with Crippen molar-refractivity contribution in [2.75, 3.05) is 13.1 Å². The second-order valence-corrected chi connectivity index (χ2v) is 8.13. The van der Waals surface area contributed by atoms with Crippen LogP contribution in [0.25, 0.3) is 5.69 Å². The van der Waals surface area contributed by atoms with E-state index in [1.165, 1.54) is 0 Å². The van der Waals surface area contributed by atoms with E-state index in [-0.39, 0.29) is 30.3 Å². The van der Waals surface area contributed by atoms with Crippen LogP contribution in [0.2, 0.25) is 0 Å². The molecule has 0 atom stereocenters. The van der Waals surface area contributed by atoms with E-state index < -0.39 is 10.0 Å².